The predicted molar refractivity (Wildman–Crippen MR) is 118 cm³/mol. The fourth-order valence-electron chi connectivity index (χ4n) is 3.40. The number of para-hydroxylation sites is 1. The molecule has 3 aromatic rings. The fourth-order valence-corrected chi connectivity index (χ4v) is 4.26. The number of nitrogens with one attached hydrogen (secondary N) is 2. The third kappa shape index (κ3) is 4.83. The quantitative estimate of drug-likeness (QED) is 0.649. The average Bonchev–Trinajstić information content (AvgIpc) is 3.27. The summed E-state index contributed by atoms with van der Waals surface area (Å²) >= 11 is 1.30. The van der Waals surface area contributed by atoms with Gasteiger partial charge in [0.1, 0.15) is 5.01 Å². The number of benzene rings is 2. The first-order valence-corrected chi connectivity index (χ1v) is 10.7. The Morgan fingerprint density at radius 2 is 1.73 bits per heavy atom. The SMILES string of the molecule is Cc1ccc(NC(=O)c2nnc(C3CCCN(C(=O)Nc4ccccc4)C3)s2)cc1. The van der Waals surface area contributed by atoms with Gasteiger partial charge in [-0.2, -0.15) is 0 Å². The number of piperidine rings is 1. The maximum Gasteiger partial charge on any atom is 0.321 e. The van der Waals surface area contributed by atoms with Crippen LogP contribution in [0.1, 0.15) is 39.1 Å². The molecule has 30 heavy (non-hydrogen) atoms. The number of hydrogen-bond acceptors (Lipinski definition) is 5. The Labute approximate surface area is 179 Å². The Kier molecular flexibility index (Phi) is 6.04. The van der Waals surface area contributed by atoms with Crippen LogP contribution >= 0.6 is 11.3 Å². The molecule has 1 unspecified atom stereocenters. The van der Waals surface area contributed by atoms with Crippen LogP contribution < -0.4 is 10.6 Å². The van der Waals surface area contributed by atoms with E-state index in [1.807, 2.05) is 61.5 Å². The molecule has 3 amide bonds. The van der Waals surface area contributed by atoms with Gasteiger partial charge in [-0.3, -0.25) is 4.79 Å². The molecule has 1 saturated heterocycles. The van der Waals surface area contributed by atoms with Gasteiger partial charge in [0.2, 0.25) is 5.01 Å². The predicted octanol–water partition coefficient (Wildman–Crippen LogP) is 4.51. The first-order chi connectivity index (χ1) is 14.6. The lowest BCUT2D eigenvalue weighted by atomic mass is 9.99. The summed E-state index contributed by atoms with van der Waals surface area (Å²) in [5.41, 5.74) is 2.63. The molecule has 0 saturated carbocycles. The number of likely N-dealkylation sites (tertiary alicyclic amines) is 1. The van der Waals surface area contributed by atoms with E-state index in [-0.39, 0.29) is 17.9 Å². The number of urea groups is 1. The molecule has 4 rings (SSSR count). The van der Waals surface area contributed by atoms with Gasteiger partial charge in [0.25, 0.3) is 5.91 Å². The zero-order valence-electron chi connectivity index (χ0n) is 16.7. The van der Waals surface area contributed by atoms with Crippen LogP contribution in [0.15, 0.2) is 54.6 Å². The van der Waals surface area contributed by atoms with Crippen LogP contribution in [0.4, 0.5) is 16.2 Å². The number of carbonyl (C=O) groups is 2. The lowest BCUT2D eigenvalue weighted by Crippen LogP contribution is -2.41. The maximum atomic E-state index is 12.6. The Morgan fingerprint density at radius 1 is 1.00 bits per heavy atom. The molecular formula is C22H23N5O2S. The van der Waals surface area contributed by atoms with Crippen LogP contribution in [0.2, 0.25) is 0 Å². The Hall–Kier alpha value is -3.26. The number of amides is 3. The number of hydrogen-bond donors (Lipinski definition) is 2. The molecule has 1 fully saturated rings. The summed E-state index contributed by atoms with van der Waals surface area (Å²) in [4.78, 5) is 26.9. The topological polar surface area (TPSA) is 87.2 Å². The fraction of sp³-hybridized carbons (Fsp3) is 0.273. The van der Waals surface area contributed by atoms with Gasteiger partial charge in [-0.1, -0.05) is 47.2 Å². The molecule has 0 aliphatic carbocycles. The zero-order chi connectivity index (χ0) is 20.9. The Bertz CT molecular complexity index is 1020. The van der Waals surface area contributed by atoms with Crippen LogP contribution in [0.5, 0.6) is 0 Å². The van der Waals surface area contributed by atoms with Gasteiger partial charge >= 0.3 is 6.03 Å². The molecule has 2 heterocycles. The molecule has 7 nitrogen and oxygen atoms in total. The van der Waals surface area contributed by atoms with Gasteiger partial charge in [-0.15, -0.1) is 10.2 Å². The minimum Gasteiger partial charge on any atom is -0.324 e. The summed E-state index contributed by atoms with van der Waals surface area (Å²) in [6.07, 6.45) is 1.81. The van der Waals surface area contributed by atoms with Crippen LogP contribution in [-0.4, -0.2) is 40.1 Å². The highest BCUT2D eigenvalue weighted by Gasteiger charge is 2.28. The summed E-state index contributed by atoms with van der Waals surface area (Å²) in [6.45, 7) is 3.26. The van der Waals surface area contributed by atoms with Crippen LogP contribution in [0.25, 0.3) is 0 Å². The van der Waals surface area contributed by atoms with Crippen molar-refractivity contribution in [2.45, 2.75) is 25.7 Å². The summed E-state index contributed by atoms with van der Waals surface area (Å²) in [5.74, 6) is -0.184. The monoisotopic (exact) mass is 421 g/mol. The molecule has 0 bridgehead atoms. The number of aryl methyl sites for hydroxylation is 1. The molecule has 2 N–H and O–H groups in total. The molecule has 8 heteroatoms. The van der Waals surface area contributed by atoms with E-state index in [1.165, 1.54) is 11.3 Å². The lowest BCUT2D eigenvalue weighted by molar-refractivity contribution is 0.102. The van der Waals surface area contributed by atoms with Crippen molar-refractivity contribution in [3.05, 3.63) is 70.2 Å². The van der Waals surface area contributed by atoms with Crippen molar-refractivity contribution in [1.82, 2.24) is 15.1 Å². The molecule has 1 aliphatic rings. The number of aromatic nitrogens is 2. The molecule has 1 aromatic heterocycles. The van der Waals surface area contributed by atoms with Crippen LogP contribution in [-0.2, 0) is 0 Å². The highest BCUT2D eigenvalue weighted by atomic mass is 32.1. The summed E-state index contributed by atoms with van der Waals surface area (Å²) < 4.78 is 0. The maximum absolute atomic E-state index is 12.6. The third-order valence-electron chi connectivity index (χ3n) is 5.03. The van der Waals surface area contributed by atoms with Crippen molar-refractivity contribution in [3.63, 3.8) is 0 Å². The van der Waals surface area contributed by atoms with Gasteiger partial charge < -0.3 is 15.5 Å². The van der Waals surface area contributed by atoms with Crippen LogP contribution in [0, 0.1) is 6.92 Å². The van der Waals surface area contributed by atoms with E-state index in [0.717, 1.165) is 34.8 Å². The smallest absolute Gasteiger partial charge is 0.321 e. The number of carbonyl (C=O) groups excluding carboxylic acids is 2. The van der Waals surface area contributed by atoms with Crippen molar-refractivity contribution in [3.8, 4) is 0 Å². The lowest BCUT2D eigenvalue weighted by Gasteiger charge is -2.31. The minimum absolute atomic E-state index is 0.0821. The number of rotatable bonds is 4. The van der Waals surface area contributed by atoms with E-state index in [9.17, 15) is 9.59 Å². The van der Waals surface area contributed by atoms with Crippen molar-refractivity contribution < 1.29 is 9.59 Å². The zero-order valence-corrected chi connectivity index (χ0v) is 17.5. The highest BCUT2D eigenvalue weighted by Crippen LogP contribution is 2.29. The van der Waals surface area contributed by atoms with Gasteiger partial charge in [-0.05, 0) is 44.0 Å². The van der Waals surface area contributed by atoms with Crippen molar-refractivity contribution in [2.24, 2.45) is 0 Å². The Balaban J connectivity index is 1.38. The summed E-state index contributed by atoms with van der Waals surface area (Å²) in [5, 5.41) is 15.2. The molecule has 1 atom stereocenters. The first kappa shape index (κ1) is 20.0. The second kappa shape index (κ2) is 9.04. The van der Waals surface area contributed by atoms with Gasteiger partial charge in [0.05, 0.1) is 0 Å². The van der Waals surface area contributed by atoms with Gasteiger partial charge in [-0.25, -0.2) is 4.79 Å². The molecule has 2 aromatic carbocycles. The van der Waals surface area contributed by atoms with E-state index < -0.39 is 0 Å². The van der Waals surface area contributed by atoms with E-state index in [1.54, 1.807) is 4.90 Å². The highest BCUT2D eigenvalue weighted by molar-refractivity contribution is 7.13. The second-order valence-corrected chi connectivity index (χ2v) is 8.36. The van der Waals surface area contributed by atoms with E-state index in [2.05, 4.69) is 20.8 Å². The number of nitrogens with zero attached hydrogens (tertiary/aromatic N) is 3. The largest absolute Gasteiger partial charge is 0.324 e. The molecule has 0 spiro atoms. The molecule has 1 aliphatic heterocycles. The normalized spacial score (nSPS) is 16.2. The van der Waals surface area contributed by atoms with E-state index in [4.69, 9.17) is 0 Å². The van der Waals surface area contributed by atoms with Crippen molar-refractivity contribution >= 4 is 34.6 Å². The average molecular weight is 422 g/mol. The third-order valence-corrected chi connectivity index (χ3v) is 6.11. The number of anilines is 2. The van der Waals surface area contributed by atoms with E-state index >= 15 is 0 Å². The molecular weight excluding hydrogens is 398 g/mol. The molecule has 0 radical (unpaired) electrons. The second-order valence-electron chi connectivity index (χ2n) is 7.35. The molecule has 154 valence electrons. The summed E-state index contributed by atoms with van der Waals surface area (Å²) in [7, 11) is 0. The van der Waals surface area contributed by atoms with Crippen molar-refractivity contribution in [1.29, 1.82) is 0 Å². The van der Waals surface area contributed by atoms with Gasteiger partial charge in [0, 0.05) is 30.4 Å². The first-order valence-electron chi connectivity index (χ1n) is 9.91. The minimum atomic E-state index is -0.267. The standard InChI is InChI=1S/C22H23N5O2S/c1-15-9-11-18(12-10-15)23-19(28)21-26-25-20(30-21)16-6-5-13-27(14-16)22(29)24-17-7-3-2-4-8-17/h2-4,7-12,16H,5-6,13-14H2,1H3,(H,23,28)(H,24,29). The van der Waals surface area contributed by atoms with Gasteiger partial charge in [0.15, 0.2) is 0 Å². The van der Waals surface area contributed by atoms with E-state index in [0.29, 0.717) is 18.1 Å². The van der Waals surface area contributed by atoms with Crippen molar-refractivity contribution in [2.75, 3.05) is 23.7 Å². The Morgan fingerprint density at radius 3 is 2.50 bits per heavy atom. The summed E-state index contributed by atoms with van der Waals surface area (Å²) in [6, 6.07) is 16.9. The van der Waals surface area contributed by atoms with Crippen LogP contribution in [0.3, 0.4) is 0 Å².